The minimum atomic E-state index is 0.00990. The summed E-state index contributed by atoms with van der Waals surface area (Å²) in [6, 6.07) is 25.1. The molecule has 0 saturated heterocycles. The minimum Gasteiger partial charge on any atom is -0.349 e. The summed E-state index contributed by atoms with van der Waals surface area (Å²) >= 11 is 0. The Morgan fingerprint density at radius 1 is 0.846 bits per heavy atom. The fourth-order valence-corrected chi connectivity index (χ4v) is 3.68. The molecule has 4 rings (SSSR count). The van der Waals surface area contributed by atoms with Gasteiger partial charge in [-0.2, -0.15) is 0 Å². The molecule has 1 aliphatic rings. The second kappa shape index (κ2) is 7.17. The number of carbonyl (C=O) groups is 1. The van der Waals surface area contributed by atoms with Crippen LogP contribution in [0.1, 0.15) is 34.0 Å². The summed E-state index contributed by atoms with van der Waals surface area (Å²) in [5.74, 6) is 0.00990. The Balaban J connectivity index is 1.42. The van der Waals surface area contributed by atoms with Gasteiger partial charge in [-0.1, -0.05) is 67.6 Å². The first-order valence-electron chi connectivity index (χ1n) is 9.30. The lowest BCUT2D eigenvalue weighted by molar-refractivity contribution is 0.0938. The van der Waals surface area contributed by atoms with E-state index in [0.29, 0.717) is 0 Å². The number of amides is 1. The molecule has 26 heavy (non-hydrogen) atoms. The second-order valence-corrected chi connectivity index (χ2v) is 6.98. The molecule has 130 valence electrons. The molecule has 1 amide bonds. The maximum absolute atomic E-state index is 12.6. The highest BCUT2D eigenvalue weighted by atomic mass is 16.1. The lowest BCUT2D eigenvalue weighted by atomic mass is 10.0. The first-order valence-corrected chi connectivity index (χ1v) is 9.30. The third kappa shape index (κ3) is 3.41. The molecule has 0 fully saturated rings. The van der Waals surface area contributed by atoms with Crippen molar-refractivity contribution in [1.82, 2.24) is 5.32 Å². The van der Waals surface area contributed by atoms with E-state index in [0.717, 1.165) is 30.4 Å². The van der Waals surface area contributed by atoms with Gasteiger partial charge >= 0.3 is 0 Å². The van der Waals surface area contributed by atoms with Gasteiger partial charge in [-0.15, -0.1) is 0 Å². The van der Waals surface area contributed by atoms with E-state index in [1.54, 1.807) is 0 Å². The second-order valence-electron chi connectivity index (χ2n) is 6.98. The van der Waals surface area contributed by atoms with Gasteiger partial charge < -0.3 is 5.32 Å². The molecule has 0 bridgehead atoms. The molecular weight excluding hydrogens is 318 g/mol. The summed E-state index contributed by atoms with van der Waals surface area (Å²) in [6.07, 6.45) is 2.89. The van der Waals surface area contributed by atoms with Gasteiger partial charge in [0.2, 0.25) is 0 Å². The van der Waals surface area contributed by atoms with Crippen molar-refractivity contribution in [3.05, 3.63) is 95.1 Å². The quantitative estimate of drug-likeness (QED) is 0.725. The number of aryl methyl sites for hydroxylation is 1. The fraction of sp³-hybridized carbons (Fsp3) is 0.208. The Morgan fingerprint density at radius 3 is 1.92 bits per heavy atom. The molecule has 0 saturated carbocycles. The topological polar surface area (TPSA) is 29.1 Å². The summed E-state index contributed by atoms with van der Waals surface area (Å²) in [4.78, 5) is 12.6. The molecule has 0 aromatic heterocycles. The molecule has 0 unspecified atom stereocenters. The van der Waals surface area contributed by atoms with Gasteiger partial charge in [0.1, 0.15) is 0 Å². The van der Waals surface area contributed by atoms with Crippen LogP contribution in [0.3, 0.4) is 0 Å². The van der Waals surface area contributed by atoms with E-state index in [4.69, 9.17) is 0 Å². The summed E-state index contributed by atoms with van der Waals surface area (Å²) in [5.41, 5.74) is 7.07. The van der Waals surface area contributed by atoms with Crippen LogP contribution in [-0.4, -0.2) is 11.9 Å². The van der Waals surface area contributed by atoms with Crippen LogP contribution in [0.4, 0.5) is 0 Å². The zero-order valence-corrected chi connectivity index (χ0v) is 15.0. The normalized spacial score (nSPS) is 13.4. The Hall–Kier alpha value is -2.87. The largest absolute Gasteiger partial charge is 0.349 e. The van der Waals surface area contributed by atoms with Gasteiger partial charge in [-0.05, 0) is 59.2 Å². The highest BCUT2D eigenvalue weighted by Gasteiger charge is 2.22. The van der Waals surface area contributed by atoms with Crippen molar-refractivity contribution in [2.45, 2.75) is 32.2 Å². The minimum absolute atomic E-state index is 0.00990. The van der Waals surface area contributed by atoms with Gasteiger partial charge in [0.05, 0.1) is 0 Å². The van der Waals surface area contributed by atoms with Crippen LogP contribution in [0.2, 0.25) is 0 Å². The van der Waals surface area contributed by atoms with E-state index >= 15 is 0 Å². The van der Waals surface area contributed by atoms with Crippen molar-refractivity contribution in [1.29, 1.82) is 0 Å². The van der Waals surface area contributed by atoms with Crippen LogP contribution in [0.15, 0.2) is 72.8 Å². The van der Waals surface area contributed by atoms with Crippen LogP contribution in [-0.2, 0) is 19.3 Å². The number of nitrogens with one attached hydrogen (secondary N) is 1. The van der Waals surface area contributed by atoms with Crippen molar-refractivity contribution in [3.63, 3.8) is 0 Å². The maximum atomic E-state index is 12.6. The van der Waals surface area contributed by atoms with Gasteiger partial charge in [-0.3, -0.25) is 4.79 Å². The Labute approximate surface area is 154 Å². The van der Waals surface area contributed by atoms with Crippen molar-refractivity contribution >= 4 is 5.91 Å². The number of benzene rings is 3. The summed E-state index contributed by atoms with van der Waals surface area (Å²) in [6.45, 7) is 2.16. The molecule has 1 N–H and O–H groups in total. The molecule has 1 aliphatic carbocycles. The maximum Gasteiger partial charge on any atom is 0.251 e. The predicted molar refractivity (Wildman–Crippen MR) is 106 cm³/mol. The van der Waals surface area contributed by atoms with Crippen LogP contribution >= 0.6 is 0 Å². The summed E-state index contributed by atoms with van der Waals surface area (Å²) in [5, 5.41) is 3.18. The van der Waals surface area contributed by atoms with E-state index in [1.807, 2.05) is 24.3 Å². The molecule has 0 heterocycles. The molecule has 2 heteroatoms. The third-order valence-electron chi connectivity index (χ3n) is 5.23. The SMILES string of the molecule is CCc1ccc(-c2ccc(C(=O)NC3Cc4ccccc4C3)cc2)cc1. The fourth-order valence-electron chi connectivity index (χ4n) is 3.68. The van der Waals surface area contributed by atoms with Crippen LogP contribution in [0, 0.1) is 0 Å². The average molecular weight is 341 g/mol. The van der Waals surface area contributed by atoms with Crippen molar-refractivity contribution < 1.29 is 4.79 Å². The average Bonchev–Trinajstić information content (AvgIpc) is 3.10. The lowest BCUT2D eigenvalue weighted by Crippen LogP contribution is -2.35. The first-order chi connectivity index (χ1) is 12.7. The first kappa shape index (κ1) is 16.6. The number of carbonyl (C=O) groups excluding carboxylic acids is 1. The molecule has 3 aromatic rings. The van der Waals surface area contributed by atoms with Gasteiger partial charge in [0, 0.05) is 11.6 Å². The van der Waals surface area contributed by atoms with Crippen LogP contribution in [0.5, 0.6) is 0 Å². The Kier molecular flexibility index (Phi) is 4.57. The summed E-state index contributed by atoms with van der Waals surface area (Å²) in [7, 11) is 0. The van der Waals surface area contributed by atoms with E-state index in [-0.39, 0.29) is 11.9 Å². The van der Waals surface area contributed by atoms with Crippen molar-refractivity contribution in [2.24, 2.45) is 0 Å². The monoisotopic (exact) mass is 341 g/mol. The van der Waals surface area contributed by atoms with Crippen molar-refractivity contribution in [2.75, 3.05) is 0 Å². The number of hydrogen-bond acceptors (Lipinski definition) is 1. The number of rotatable bonds is 4. The molecule has 0 atom stereocenters. The van der Waals surface area contributed by atoms with E-state index < -0.39 is 0 Å². The van der Waals surface area contributed by atoms with E-state index in [9.17, 15) is 4.79 Å². The van der Waals surface area contributed by atoms with Gasteiger partial charge in [-0.25, -0.2) is 0 Å². The van der Waals surface area contributed by atoms with Crippen LogP contribution in [0.25, 0.3) is 11.1 Å². The van der Waals surface area contributed by atoms with Crippen LogP contribution < -0.4 is 5.32 Å². The molecule has 0 spiro atoms. The third-order valence-corrected chi connectivity index (χ3v) is 5.23. The number of hydrogen-bond donors (Lipinski definition) is 1. The van der Waals surface area contributed by atoms with Gasteiger partial charge in [0.25, 0.3) is 5.91 Å². The summed E-state index contributed by atoms with van der Waals surface area (Å²) < 4.78 is 0. The number of fused-ring (bicyclic) bond motifs is 1. The highest BCUT2D eigenvalue weighted by molar-refractivity contribution is 5.95. The zero-order chi connectivity index (χ0) is 17.9. The van der Waals surface area contributed by atoms with Gasteiger partial charge in [0.15, 0.2) is 0 Å². The Morgan fingerprint density at radius 2 is 1.38 bits per heavy atom. The molecule has 2 nitrogen and oxygen atoms in total. The highest BCUT2D eigenvalue weighted by Crippen LogP contribution is 2.23. The van der Waals surface area contributed by atoms with E-state index in [1.165, 1.54) is 22.3 Å². The predicted octanol–water partition coefficient (Wildman–Crippen LogP) is 4.81. The lowest BCUT2D eigenvalue weighted by Gasteiger charge is -2.12. The molecule has 0 radical (unpaired) electrons. The molecule has 0 aliphatic heterocycles. The molecular formula is C24H23NO. The molecule has 3 aromatic carbocycles. The zero-order valence-electron chi connectivity index (χ0n) is 15.0. The smallest absolute Gasteiger partial charge is 0.251 e. The van der Waals surface area contributed by atoms with Crippen molar-refractivity contribution in [3.8, 4) is 11.1 Å². The Bertz CT molecular complexity index is 885. The standard InChI is InChI=1S/C24H23NO/c1-2-17-7-9-18(10-8-17)19-11-13-20(14-12-19)24(26)25-23-15-21-5-3-4-6-22(21)16-23/h3-14,23H,2,15-16H2,1H3,(H,25,26). The van der Waals surface area contributed by atoms with E-state index in [2.05, 4.69) is 60.8 Å².